The van der Waals surface area contributed by atoms with Gasteiger partial charge < -0.3 is 10.3 Å². The molecule has 2 N–H and O–H groups in total. The van der Waals surface area contributed by atoms with Gasteiger partial charge in [0.1, 0.15) is 0 Å². The van der Waals surface area contributed by atoms with Gasteiger partial charge in [-0.1, -0.05) is 45.0 Å². The summed E-state index contributed by atoms with van der Waals surface area (Å²) in [4.78, 5) is 4.31. The van der Waals surface area contributed by atoms with Crippen LogP contribution in [0.4, 0.5) is 0 Å². The van der Waals surface area contributed by atoms with Crippen molar-refractivity contribution in [3.63, 3.8) is 0 Å². The van der Waals surface area contributed by atoms with Crippen molar-refractivity contribution in [3.05, 3.63) is 53.6 Å². The Hall–Kier alpha value is -1.61. The van der Waals surface area contributed by atoms with Crippen LogP contribution in [-0.2, 0) is 18.9 Å². The molecule has 2 aromatic rings. The summed E-state index contributed by atoms with van der Waals surface area (Å²) in [5.74, 6) is 0. The highest BCUT2D eigenvalue weighted by molar-refractivity contribution is 5.28. The molecule has 0 aliphatic rings. The molecule has 3 heteroatoms. The van der Waals surface area contributed by atoms with E-state index in [1.54, 1.807) is 6.33 Å². The van der Waals surface area contributed by atoms with Crippen molar-refractivity contribution in [1.82, 2.24) is 9.55 Å². The largest absolute Gasteiger partial charge is 0.340 e. The highest BCUT2D eigenvalue weighted by Crippen LogP contribution is 2.23. The van der Waals surface area contributed by atoms with Crippen LogP contribution in [0.15, 0.2) is 36.8 Å². The molecule has 0 fully saturated rings. The predicted molar refractivity (Wildman–Crippen MR) is 79.0 cm³/mol. The van der Waals surface area contributed by atoms with Crippen molar-refractivity contribution < 1.29 is 0 Å². The van der Waals surface area contributed by atoms with Crippen LogP contribution in [0.2, 0.25) is 0 Å². The number of benzene rings is 1. The van der Waals surface area contributed by atoms with Crippen molar-refractivity contribution in [3.8, 4) is 0 Å². The Kier molecular flexibility index (Phi) is 3.76. The van der Waals surface area contributed by atoms with E-state index in [0.717, 1.165) is 12.1 Å². The summed E-state index contributed by atoms with van der Waals surface area (Å²) in [6, 6.07) is 8.69. The van der Waals surface area contributed by atoms with Crippen LogP contribution in [-0.4, -0.2) is 9.55 Å². The van der Waals surface area contributed by atoms with Gasteiger partial charge in [-0.15, -0.1) is 0 Å². The van der Waals surface area contributed by atoms with Gasteiger partial charge in [0, 0.05) is 13.2 Å². The van der Waals surface area contributed by atoms with Gasteiger partial charge in [-0.3, -0.25) is 0 Å². The van der Waals surface area contributed by atoms with Gasteiger partial charge in [-0.05, 0) is 23.0 Å². The zero-order chi connectivity index (χ0) is 14.0. The van der Waals surface area contributed by atoms with E-state index in [1.165, 1.54) is 11.1 Å². The SMILES string of the molecule is Cn1cnc(C(N)Cc2ccc(C(C)(C)C)cc2)c1. The van der Waals surface area contributed by atoms with E-state index in [-0.39, 0.29) is 11.5 Å². The number of nitrogens with two attached hydrogens (primary N) is 1. The molecule has 1 aromatic carbocycles. The lowest BCUT2D eigenvalue weighted by Gasteiger charge is -2.19. The molecule has 0 saturated heterocycles. The summed E-state index contributed by atoms with van der Waals surface area (Å²) in [5, 5.41) is 0. The van der Waals surface area contributed by atoms with Crippen molar-refractivity contribution in [1.29, 1.82) is 0 Å². The Bertz CT molecular complexity index is 532. The fourth-order valence-electron chi connectivity index (χ4n) is 2.12. The Morgan fingerprint density at radius 1 is 1.21 bits per heavy atom. The Morgan fingerprint density at radius 3 is 2.32 bits per heavy atom. The second-order valence-electron chi connectivity index (χ2n) is 6.22. The van der Waals surface area contributed by atoms with Gasteiger partial charge >= 0.3 is 0 Å². The molecule has 1 unspecified atom stereocenters. The molecule has 0 bridgehead atoms. The fraction of sp³-hybridized carbons (Fsp3) is 0.438. The molecule has 0 aliphatic heterocycles. The Morgan fingerprint density at radius 2 is 1.84 bits per heavy atom. The predicted octanol–water partition coefficient (Wildman–Crippen LogP) is 2.96. The quantitative estimate of drug-likeness (QED) is 0.918. The maximum atomic E-state index is 6.19. The molecular formula is C16H23N3. The fourth-order valence-corrected chi connectivity index (χ4v) is 2.12. The zero-order valence-electron chi connectivity index (χ0n) is 12.2. The number of rotatable bonds is 3. The summed E-state index contributed by atoms with van der Waals surface area (Å²) >= 11 is 0. The van der Waals surface area contributed by atoms with E-state index in [4.69, 9.17) is 5.73 Å². The third-order valence-corrected chi connectivity index (χ3v) is 3.38. The summed E-state index contributed by atoms with van der Waals surface area (Å²) in [6.45, 7) is 6.67. The second kappa shape index (κ2) is 5.17. The molecule has 0 amide bonds. The lowest BCUT2D eigenvalue weighted by atomic mass is 9.86. The first kappa shape index (κ1) is 13.8. The monoisotopic (exact) mass is 257 g/mol. The third kappa shape index (κ3) is 3.44. The average Bonchev–Trinajstić information content (AvgIpc) is 2.75. The molecule has 19 heavy (non-hydrogen) atoms. The number of imidazole rings is 1. The lowest BCUT2D eigenvalue weighted by molar-refractivity contribution is 0.589. The molecule has 2 rings (SSSR count). The summed E-state index contributed by atoms with van der Waals surface area (Å²) < 4.78 is 1.93. The van der Waals surface area contributed by atoms with Gasteiger partial charge in [0.25, 0.3) is 0 Å². The van der Waals surface area contributed by atoms with E-state index >= 15 is 0 Å². The number of aromatic nitrogens is 2. The molecule has 0 aliphatic carbocycles. The minimum atomic E-state index is -0.0401. The number of hydrogen-bond donors (Lipinski definition) is 1. The van der Waals surface area contributed by atoms with Gasteiger partial charge in [0.2, 0.25) is 0 Å². The van der Waals surface area contributed by atoms with Crippen LogP contribution in [0.3, 0.4) is 0 Å². The van der Waals surface area contributed by atoms with Crippen LogP contribution in [0.5, 0.6) is 0 Å². The molecule has 1 aromatic heterocycles. The van der Waals surface area contributed by atoms with Gasteiger partial charge in [0.15, 0.2) is 0 Å². The first-order valence-electron chi connectivity index (χ1n) is 6.69. The number of aryl methyl sites for hydroxylation is 1. The van der Waals surface area contributed by atoms with E-state index in [1.807, 2.05) is 17.8 Å². The molecular weight excluding hydrogens is 234 g/mol. The van der Waals surface area contributed by atoms with Crippen LogP contribution >= 0.6 is 0 Å². The van der Waals surface area contributed by atoms with Crippen molar-refractivity contribution in [2.24, 2.45) is 12.8 Å². The van der Waals surface area contributed by atoms with Gasteiger partial charge in [-0.2, -0.15) is 0 Å². The summed E-state index contributed by atoms with van der Waals surface area (Å²) in [6.07, 6.45) is 4.59. The standard InChI is InChI=1S/C16H23N3/c1-16(2,3)13-7-5-12(6-8-13)9-14(17)15-10-19(4)11-18-15/h5-8,10-11,14H,9,17H2,1-4H3. The van der Waals surface area contributed by atoms with Crippen LogP contribution in [0, 0.1) is 0 Å². The van der Waals surface area contributed by atoms with Gasteiger partial charge in [-0.25, -0.2) is 4.98 Å². The maximum absolute atomic E-state index is 6.19. The van der Waals surface area contributed by atoms with E-state index in [0.29, 0.717) is 0 Å². The normalized spacial score (nSPS) is 13.5. The number of hydrogen-bond acceptors (Lipinski definition) is 2. The molecule has 0 saturated carbocycles. The van der Waals surface area contributed by atoms with E-state index < -0.39 is 0 Å². The molecule has 1 atom stereocenters. The lowest BCUT2D eigenvalue weighted by Crippen LogP contribution is -2.14. The first-order chi connectivity index (χ1) is 8.86. The minimum Gasteiger partial charge on any atom is -0.340 e. The van der Waals surface area contributed by atoms with Crippen molar-refractivity contribution in [2.75, 3.05) is 0 Å². The van der Waals surface area contributed by atoms with Crippen LogP contribution in [0.25, 0.3) is 0 Å². The minimum absolute atomic E-state index is 0.0401. The van der Waals surface area contributed by atoms with Gasteiger partial charge in [0.05, 0.1) is 18.1 Å². The molecule has 3 nitrogen and oxygen atoms in total. The highest BCUT2D eigenvalue weighted by Gasteiger charge is 2.14. The second-order valence-corrected chi connectivity index (χ2v) is 6.22. The Balaban J connectivity index is 2.07. The van der Waals surface area contributed by atoms with Crippen molar-refractivity contribution in [2.45, 2.75) is 38.6 Å². The number of nitrogens with zero attached hydrogens (tertiary/aromatic N) is 2. The third-order valence-electron chi connectivity index (χ3n) is 3.38. The smallest absolute Gasteiger partial charge is 0.0947 e. The van der Waals surface area contributed by atoms with Crippen molar-refractivity contribution >= 4 is 0 Å². The van der Waals surface area contributed by atoms with Crippen LogP contribution in [0.1, 0.15) is 43.6 Å². The van der Waals surface area contributed by atoms with E-state index in [9.17, 15) is 0 Å². The molecule has 1 heterocycles. The molecule has 0 spiro atoms. The topological polar surface area (TPSA) is 43.8 Å². The Labute approximate surface area is 115 Å². The highest BCUT2D eigenvalue weighted by atomic mass is 15.0. The first-order valence-corrected chi connectivity index (χ1v) is 6.69. The summed E-state index contributed by atoms with van der Waals surface area (Å²) in [5.41, 5.74) is 9.94. The average molecular weight is 257 g/mol. The van der Waals surface area contributed by atoms with E-state index in [2.05, 4.69) is 50.0 Å². The maximum Gasteiger partial charge on any atom is 0.0947 e. The molecule has 102 valence electrons. The molecule has 0 radical (unpaired) electrons. The zero-order valence-corrected chi connectivity index (χ0v) is 12.2. The van der Waals surface area contributed by atoms with Crippen LogP contribution < -0.4 is 5.73 Å². The summed E-state index contributed by atoms with van der Waals surface area (Å²) in [7, 11) is 1.96.